The number of nitrogens with two attached hydrogens (primary N) is 1. The monoisotopic (exact) mass is 286 g/mol. The van der Waals surface area contributed by atoms with E-state index in [-0.39, 0.29) is 16.2 Å². The van der Waals surface area contributed by atoms with Crippen LogP contribution in [0.5, 0.6) is 0 Å². The first-order valence-corrected chi connectivity index (χ1v) is 6.86. The third-order valence-corrected chi connectivity index (χ3v) is 3.09. The Morgan fingerprint density at radius 2 is 1.95 bits per heavy atom. The van der Waals surface area contributed by atoms with E-state index in [0.717, 1.165) is 19.3 Å². The van der Waals surface area contributed by atoms with Crippen molar-refractivity contribution < 1.29 is 8.78 Å². The van der Waals surface area contributed by atoms with Crippen LogP contribution in [0, 0.1) is 17.6 Å². The summed E-state index contributed by atoms with van der Waals surface area (Å²) in [6.45, 7) is 4.95. The number of hydrogen-bond acceptors (Lipinski definition) is 2. The lowest BCUT2D eigenvalue weighted by Crippen LogP contribution is -2.14. The number of halogens is 2. The molecule has 0 aliphatic rings. The molecule has 19 heavy (non-hydrogen) atoms. The van der Waals surface area contributed by atoms with Gasteiger partial charge in [-0.3, -0.25) is 0 Å². The molecular weight excluding hydrogens is 266 g/mol. The van der Waals surface area contributed by atoms with Gasteiger partial charge in [-0.15, -0.1) is 0 Å². The molecule has 2 nitrogen and oxygen atoms in total. The predicted octanol–water partition coefficient (Wildman–Crippen LogP) is 3.84. The molecule has 0 saturated heterocycles. The Balaban J connectivity index is 2.56. The summed E-state index contributed by atoms with van der Waals surface area (Å²) in [5.41, 5.74) is 5.40. The van der Waals surface area contributed by atoms with Gasteiger partial charge >= 0.3 is 0 Å². The number of hydrogen-bond donors (Lipinski definition) is 2. The predicted molar refractivity (Wildman–Crippen MR) is 79.4 cm³/mol. The van der Waals surface area contributed by atoms with E-state index in [2.05, 4.69) is 31.4 Å². The maximum Gasteiger partial charge on any atom is 0.182 e. The lowest BCUT2D eigenvalue weighted by molar-refractivity contribution is 0.508. The number of rotatable bonds is 7. The zero-order chi connectivity index (χ0) is 14.4. The Bertz CT molecular complexity index is 447. The largest absolute Gasteiger partial charge is 0.389 e. The van der Waals surface area contributed by atoms with Crippen LogP contribution >= 0.6 is 12.2 Å². The summed E-state index contributed by atoms with van der Waals surface area (Å²) in [6, 6.07) is 2.87. The highest BCUT2D eigenvalue weighted by atomic mass is 32.1. The standard InChI is InChI=1S/C14H20F2N2S/c1-9(2)5-3-4-8-18-11-7-6-10(14(17)19)12(15)13(11)16/h6-7,9,18H,3-5,8H2,1-2H3,(H2,17,19). The quantitative estimate of drug-likeness (QED) is 0.591. The van der Waals surface area contributed by atoms with Gasteiger partial charge in [0.05, 0.1) is 5.69 Å². The minimum absolute atomic E-state index is 0.0575. The molecule has 0 atom stereocenters. The second kappa shape index (κ2) is 7.38. The van der Waals surface area contributed by atoms with Crippen LogP contribution < -0.4 is 11.1 Å². The van der Waals surface area contributed by atoms with Crippen LogP contribution in [0.1, 0.15) is 38.7 Å². The molecule has 0 unspecified atom stereocenters. The van der Waals surface area contributed by atoms with E-state index >= 15 is 0 Å². The maximum absolute atomic E-state index is 13.7. The van der Waals surface area contributed by atoms with Crippen molar-refractivity contribution in [2.24, 2.45) is 11.7 Å². The SMILES string of the molecule is CC(C)CCCCNc1ccc(C(N)=S)c(F)c1F. The summed E-state index contributed by atoms with van der Waals surface area (Å²) in [4.78, 5) is -0.139. The highest BCUT2D eigenvalue weighted by Gasteiger charge is 2.14. The summed E-state index contributed by atoms with van der Waals surface area (Å²) >= 11 is 4.65. The van der Waals surface area contributed by atoms with Gasteiger partial charge in [0.15, 0.2) is 11.6 Å². The Morgan fingerprint density at radius 3 is 2.53 bits per heavy atom. The number of thiocarbonyl (C=S) groups is 1. The topological polar surface area (TPSA) is 38.0 Å². The Hall–Kier alpha value is -1.23. The third kappa shape index (κ3) is 4.74. The minimum atomic E-state index is -0.986. The van der Waals surface area contributed by atoms with Crippen molar-refractivity contribution in [3.05, 3.63) is 29.3 Å². The Morgan fingerprint density at radius 1 is 1.26 bits per heavy atom. The molecule has 0 aromatic heterocycles. The average Bonchev–Trinajstić information content (AvgIpc) is 2.33. The van der Waals surface area contributed by atoms with Crippen molar-refractivity contribution in [1.82, 2.24) is 0 Å². The molecular formula is C14H20F2N2S. The maximum atomic E-state index is 13.7. The van der Waals surface area contributed by atoms with Gasteiger partial charge in [-0.05, 0) is 24.5 Å². The molecule has 0 aliphatic carbocycles. The van der Waals surface area contributed by atoms with Crippen LogP contribution in [0.3, 0.4) is 0 Å². The van der Waals surface area contributed by atoms with Crippen molar-refractivity contribution in [3.63, 3.8) is 0 Å². The van der Waals surface area contributed by atoms with E-state index in [1.165, 1.54) is 12.1 Å². The zero-order valence-corrected chi connectivity index (χ0v) is 12.1. The lowest BCUT2D eigenvalue weighted by Gasteiger charge is -2.10. The van der Waals surface area contributed by atoms with Crippen LogP contribution in [0.25, 0.3) is 0 Å². The summed E-state index contributed by atoms with van der Waals surface area (Å²) in [5.74, 6) is -1.24. The van der Waals surface area contributed by atoms with Gasteiger partial charge in [-0.2, -0.15) is 0 Å². The van der Waals surface area contributed by atoms with E-state index < -0.39 is 11.6 Å². The molecule has 0 fully saturated rings. The highest BCUT2D eigenvalue weighted by molar-refractivity contribution is 7.80. The van der Waals surface area contributed by atoms with Crippen LogP contribution in [-0.4, -0.2) is 11.5 Å². The first-order chi connectivity index (χ1) is 8.93. The Kier molecular flexibility index (Phi) is 6.15. The molecule has 0 bridgehead atoms. The van der Waals surface area contributed by atoms with E-state index in [9.17, 15) is 8.78 Å². The van der Waals surface area contributed by atoms with E-state index in [1.54, 1.807) is 0 Å². The molecule has 1 aromatic rings. The van der Waals surface area contributed by atoms with Gasteiger partial charge in [0.25, 0.3) is 0 Å². The molecule has 0 spiro atoms. The molecule has 0 amide bonds. The molecule has 0 saturated carbocycles. The average molecular weight is 286 g/mol. The Labute approximate surface area is 118 Å². The second-order valence-electron chi connectivity index (χ2n) is 4.97. The third-order valence-electron chi connectivity index (χ3n) is 2.87. The van der Waals surface area contributed by atoms with Gasteiger partial charge in [-0.25, -0.2) is 8.78 Å². The number of unbranched alkanes of at least 4 members (excludes halogenated alkanes) is 1. The van der Waals surface area contributed by atoms with Gasteiger partial charge < -0.3 is 11.1 Å². The molecule has 1 aromatic carbocycles. The molecule has 3 N–H and O–H groups in total. The fourth-order valence-electron chi connectivity index (χ4n) is 1.78. The molecule has 0 heterocycles. The van der Waals surface area contributed by atoms with E-state index in [4.69, 9.17) is 5.73 Å². The van der Waals surface area contributed by atoms with Crippen molar-refractivity contribution in [2.45, 2.75) is 33.1 Å². The highest BCUT2D eigenvalue weighted by Crippen LogP contribution is 2.20. The minimum Gasteiger partial charge on any atom is -0.389 e. The molecule has 1 rings (SSSR count). The smallest absolute Gasteiger partial charge is 0.182 e. The van der Waals surface area contributed by atoms with Crippen LogP contribution in [0.15, 0.2) is 12.1 Å². The number of benzene rings is 1. The van der Waals surface area contributed by atoms with Crippen LogP contribution in [0.4, 0.5) is 14.5 Å². The summed E-state index contributed by atoms with van der Waals surface area (Å²) in [5, 5.41) is 2.89. The summed E-state index contributed by atoms with van der Waals surface area (Å²) in [7, 11) is 0. The summed E-state index contributed by atoms with van der Waals surface area (Å²) < 4.78 is 27.3. The first-order valence-electron chi connectivity index (χ1n) is 6.45. The number of nitrogens with one attached hydrogen (secondary N) is 1. The van der Waals surface area contributed by atoms with Crippen molar-refractivity contribution in [3.8, 4) is 0 Å². The van der Waals surface area contributed by atoms with Gasteiger partial charge in [0.2, 0.25) is 0 Å². The number of anilines is 1. The summed E-state index contributed by atoms with van der Waals surface area (Å²) in [6.07, 6.45) is 3.13. The fourth-order valence-corrected chi connectivity index (χ4v) is 1.93. The molecule has 0 aliphatic heterocycles. The molecule has 5 heteroatoms. The van der Waals surface area contributed by atoms with Crippen LogP contribution in [-0.2, 0) is 0 Å². The van der Waals surface area contributed by atoms with Crippen LogP contribution in [0.2, 0.25) is 0 Å². The lowest BCUT2D eigenvalue weighted by atomic mass is 10.1. The van der Waals surface area contributed by atoms with E-state index in [1.807, 2.05) is 0 Å². The van der Waals surface area contributed by atoms with Crippen molar-refractivity contribution in [1.29, 1.82) is 0 Å². The zero-order valence-electron chi connectivity index (χ0n) is 11.3. The van der Waals surface area contributed by atoms with Gasteiger partial charge in [0, 0.05) is 12.1 Å². The second-order valence-corrected chi connectivity index (χ2v) is 5.41. The van der Waals surface area contributed by atoms with Gasteiger partial charge in [-0.1, -0.05) is 38.9 Å². The fraction of sp³-hybridized carbons (Fsp3) is 0.500. The van der Waals surface area contributed by atoms with E-state index in [0.29, 0.717) is 12.5 Å². The first kappa shape index (κ1) is 15.8. The van der Waals surface area contributed by atoms with Gasteiger partial charge in [0.1, 0.15) is 4.99 Å². The van der Waals surface area contributed by atoms with Crippen molar-refractivity contribution >= 4 is 22.9 Å². The molecule has 0 radical (unpaired) electrons. The van der Waals surface area contributed by atoms with Crippen molar-refractivity contribution in [2.75, 3.05) is 11.9 Å². The normalized spacial score (nSPS) is 10.8. The molecule has 106 valence electrons.